The molecule has 0 unspecified atom stereocenters. The Bertz CT molecular complexity index is 442. The monoisotopic (exact) mass is 234 g/mol. The number of hydrogen-bond acceptors (Lipinski definition) is 3. The summed E-state index contributed by atoms with van der Waals surface area (Å²) in [6, 6.07) is 3.35. The van der Waals surface area contributed by atoms with Crippen molar-refractivity contribution in [3.05, 3.63) is 30.3 Å². The molecule has 0 bridgehead atoms. The molecule has 0 spiro atoms. The molecule has 0 saturated heterocycles. The first kappa shape index (κ1) is 12.7. The molecule has 0 aromatic carbocycles. The number of nitrogens with zero attached hydrogens (tertiary/aromatic N) is 1. The smallest absolute Gasteiger partial charge is 0.267 e. The van der Waals surface area contributed by atoms with E-state index in [-0.39, 0.29) is 30.5 Å². The average molecular weight is 235 g/mol. The summed E-state index contributed by atoms with van der Waals surface area (Å²) >= 11 is 0. The second-order valence-corrected chi connectivity index (χ2v) is 2.39. The Kier molecular flexibility index (Phi) is 4.40. The van der Waals surface area contributed by atoms with Gasteiger partial charge in [0.15, 0.2) is 5.58 Å². The summed E-state index contributed by atoms with van der Waals surface area (Å²) in [7, 11) is 0. The molecule has 0 aliphatic rings. The van der Waals surface area contributed by atoms with Crippen LogP contribution in [-0.2, 0) is 0 Å². The predicted octanol–water partition coefficient (Wildman–Crippen LogP) is 1.77. The van der Waals surface area contributed by atoms with E-state index < -0.39 is 5.91 Å². The lowest BCUT2D eigenvalue weighted by atomic mass is 10.2. The van der Waals surface area contributed by atoms with Crippen molar-refractivity contribution in [3.8, 4) is 0 Å². The SMILES string of the molecule is Cl.Cl.NC(=O)c1cc2ccoc2cn1. The van der Waals surface area contributed by atoms with E-state index in [9.17, 15) is 4.79 Å². The molecule has 2 aromatic rings. The second-order valence-electron chi connectivity index (χ2n) is 2.39. The third-order valence-corrected chi connectivity index (χ3v) is 1.59. The summed E-state index contributed by atoms with van der Waals surface area (Å²) in [5.74, 6) is -0.530. The summed E-state index contributed by atoms with van der Waals surface area (Å²) in [5, 5.41) is 0.832. The fourth-order valence-corrected chi connectivity index (χ4v) is 1.00. The molecule has 14 heavy (non-hydrogen) atoms. The molecule has 76 valence electrons. The van der Waals surface area contributed by atoms with Crippen LogP contribution in [-0.4, -0.2) is 10.9 Å². The topological polar surface area (TPSA) is 69.1 Å². The summed E-state index contributed by atoms with van der Waals surface area (Å²) < 4.78 is 5.04. The molecule has 2 N–H and O–H groups in total. The van der Waals surface area contributed by atoms with Gasteiger partial charge >= 0.3 is 0 Å². The van der Waals surface area contributed by atoms with Crippen molar-refractivity contribution in [2.75, 3.05) is 0 Å². The van der Waals surface area contributed by atoms with Crippen LogP contribution in [0.2, 0.25) is 0 Å². The zero-order valence-electron chi connectivity index (χ0n) is 6.97. The number of primary amides is 1. The summed E-state index contributed by atoms with van der Waals surface area (Å²) in [5.41, 5.74) is 5.95. The number of carbonyl (C=O) groups excluding carboxylic acids is 1. The fourth-order valence-electron chi connectivity index (χ4n) is 1.00. The highest BCUT2D eigenvalue weighted by Gasteiger charge is 2.03. The number of fused-ring (bicyclic) bond motifs is 1. The first-order valence-corrected chi connectivity index (χ1v) is 3.40. The molecular weight excluding hydrogens is 227 g/mol. The number of pyridine rings is 1. The van der Waals surface area contributed by atoms with Crippen LogP contribution in [0.1, 0.15) is 10.5 Å². The molecule has 1 amide bonds. The average Bonchev–Trinajstić information content (AvgIpc) is 2.49. The van der Waals surface area contributed by atoms with Gasteiger partial charge < -0.3 is 10.2 Å². The van der Waals surface area contributed by atoms with Crippen molar-refractivity contribution in [3.63, 3.8) is 0 Å². The van der Waals surface area contributed by atoms with Gasteiger partial charge in [0.05, 0.1) is 12.5 Å². The molecule has 0 radical (unpaired) electrons. The van der Waals surface area contributed by atoms with E-state index in [1.807, 2.05) is 0 Å². The lowest BCUT2D eigenvalue weighted by Crippen LogP contribution is -2.12. The Balaban J connectivity index is 0.000000845. The van der Waals surface area contributed by atoms with Crippen LogP contribution >= 0.6 is 24.8 Å². The van der Waals surface area contributed by atoms with Gasteiger partial charge in [0.1, 0.15) is 5.69 Å². The third-order valence-electron chi connectivity index (χ3n) is 1.59. The van der Waals surface area contributed by atoms with E-state index in [0.717, 1.165) is 5.39 Å². The molecule has 0 aliphatic heterocycles. The van der Waals surface area contributed by atoms with Crippen molar-refractivity contribution >= 4 is 41.7 Å². The number of hydrogen-bond donors (Lipinski definition) is 1. The van der Waals surface area contributed by atoms with Gasteiger partial charge in [-0.2, -0.15) is 0 Å². The lowest BCUT2D eigenvalue weighted by Gasteiger charge is -1.92. The largest absolute Gasteiger partial charge is 0.463 e. The lowest BCUT2D eigenvalue weighted by molar-refractivity contribution is 0.0996. The minimum Gasteiger partial charge on any atom is -0.463 e. The molecule has 2 aromatic heterocycles. The maximum Gasteiger partial charge on any atom is 0.267 e. The number of aromatic nitrogens is 1. The maximum atomic E-state index is 10.7. The predicted molar refractivity (Wildman–Crippen MR) is 57.0 cm³/mol. The van der Waals surface area contributed by atoms with Crippen molar-refractivity contribution in [1.29, 1.82) is 0 Å². The zero-order chi connectivity index (χ0) is 8.55. The Morgan fingerprint density at radius 1 is 1.43 bits per heavy atom. The standard InChI is InChI=1S/C8H6N2O2.2ClH/c9-8(11)6-3-5-1-2-12-7(5)4-10-6;;/h1-4H,(H2,9,11);2*1H. The van der Waals surface area contributed by atoms with Crippen molar-refractivity contribution in [1.82, 2.24) is 4.98 Å². The number of nitrogens with two attached hydrogens (primary N) is 1. The molecule has 6 heteroatoms. The number of furan rings is 1. The molecule has 0 saturated carbocycles. The Hall–Kier alpha value is -1.26. The van der Waals surface area contributed by atoms with Gasteiger partial charge in [-0.25, -0.2) is 4.98 Å². The Morgan fingerprint density at radius 3 is 2.79 bits per heavy atom. The van der Waals surface area contributed by atoms with Crippen molar-refractivity contribution in [2.45, 2.75) is 0 Å². The third kappa shape index (κ3) is 2.16. The van der Waals surface area contributed by atoms with Crippen molar-refractivity contribution < 1.29 is 9.21 Å². The Labute approximate surface area is 92.3 Å². The normalized spacial score (nSPS) is 8.86. The minimum atomic E-state index is -0.530. The molecule has 0 fully saturated rings. The number of carbonyl (C=O) groups is 1. The zero-order valence-corrected chi connectivity index (χ0v) is 8.60. The number of rotatable bonds is 1. The van der Waals surface area contributed by atoms with Gasteiger partial charge in [-0.05, 0) is 12.1 Å². The first-order valence-electron chi connectivity index (χ1n) is 3.40. The van der Waals surface area contributed by atoms with E-state index in [0.29, 0.717) is 5.58 Å². The van der Waals surface area contributed by atoms with Crippen molar-refractivity contribution in [2.24, 2.45) is 5.73 Å². The van der Waals surface area contributed by atoms with Crippen LogP contribution in [0.3, 0.4) is 0 Å². The summed E-state index contributed by atoms with van der Waals surface area (Å²) in [6.45, 7) is 0. The van der Waals surface area contributed by atoms with Crippen LogP contribution in [0.25, 0.3) is 11.0 Å². The van der Waals surface area contributed by atoms with Crippen LogP contribution in [0, 0.1) is 0 Å². The van der Waals surface area contributed by atoms with E-state index in [1.54, 1.807) is 12.1 Å². The van der Waals surface area contributed by atoms with Gasteiger partial charge in [0, 0.05) is 5.39 Å². The fraction of sp³-hybridized carbons (Fsp3) is 0. The van der Waals surface area contributed by atoms with Gasteiger partial charge in [-0.15, -0.1) is 24.8 Å². The van der Waals surface area contributed by atoms with Gasteiger partial charge in [0.2, 0.25) is 0 Å². The van der Waals surface area contributed by atoms with Gasteiger partial charge in [-0.3, -0.25) is 4.79 Å². The van der Waals surface area contributed by atoms with Crippen LogP contribution in [0.5, 0.6) is 0 Å². The van der Waals surface area contributed by atoms with E-state index in [4.69, 9.17) is 10.2 Å². The maximum absolute atomic E-state index is 10.7. The highest BCUT2D eigenvalue weighted by Crippen LogP contribution is 2.14. The molecule has 2 rings (SSSR count). The molecular formula is C8H8Cl2N2O2. The van der Waals surface area contributed by atoms with Gasteiger partial charge in [0.25, 0.3) is 5.91 Å². The van der Waals surface area contributed by atoms with E-state index in [2.05, 4.69) is 4.98 Å². The van der Waals surface area contributed by atoms with Crippen LogP contribution < -0.4 is 5.73 Å². The molecule has 4 nitrogen and oxygen atoms in total. The first-order chi connectivity index (χ1) is 5.77. The Morgan fingerprint density at radius 2 is 2.14 bits per heavy atom. The highest BCUT2D eigenvalue weighted by molar-refractivity contribution is 5.94. The summed E-state index contributed by atoms with van der Waals surface area (Å²) in [4.78, 5) is 14.5. The van der Waals surface area contributed by atoms with E-state index in [1.165, 1.54) is 12.5 Å². The molecule has 0 aliphatic carbocycles. The number of halogens is 2. The highest BCUT2D eigenvalue weighted by atomic mass is 35.5. The number of amides is 1. The van der Waals surface area contributed by atoms with Crippen LogP contribution in [0.15, 0.2) is 29.0 Å². The van der Waals surface area contributed by atoms with E-state index >= 15 is 0 Å². The van der Waals surface area contributed by atoms with Gasteiger partial charge in [-0.1, -0.05) is 0 Å². The molecule has 0 atom stereocenters. The molecule has 2 heterocycles. The quantitative estimate of drug-likeness (QED) is 0.818. The summed E-state index contributed by atoms with van der Waals surface area (Å²) in [6.07, 6.45) is 3.02. The minimum absolute atomic E-state index is 0. The second kappa shape index (κ2) is 4.83. The van der Waals surface area contributed by atoms with Crippen LogP contribution in [0.4, 0.5) is 0 Å².